The summed E-state index contributed by atoms with van der Waals surface area (Å²) in [7, 11) is 1.38. The lowest BCUT2D eigenvalue weighted by atomic mass is 10.1. The molecule has 3 N–H and O–H groups in total. The summed E-state index contributed by atoms with van der Waals surface area (Å²) < 4.78 is 4.77. The van der Waals surface area contributed by atoms with E-state index in [1.807, 2.05) is 18.2 Å². The third-order valence-corrected chi connectivity index (χ3v) is 2.77. The number of carbonyl (C=O) groups is 2. The second-order valence-corrected chi connectivity index (χ2v) is 4.07. The monoisotopic (exact) mass is 262 g/mol. The molecular weight excluding hydrogens is 248 g/mol. The summed E-state index contributed by atoms with van der Waals surface area (Å²) in [5, 5.41) is 12.1. The molecular formula is C13H14N2O4. The number of aromatic nitrogens is 1. The van der Waals surface area contributed by atoms with E-state index in [0.717, 1.165) is 10.9 Å². The number of hydrogen-bond acceptors (Lipinski definition) is 3. The maximum Gasteiger partial charge on any atom is 0.328 e. The highest BCUT2D eigenvalue weighted by Gasteiger charge is 2.21. The van der Waals surface area contributed by atoms with Gasteiger partial charge in [0.05, 0.1) is 12.2 Å². The lowest BCUT2D eigenvalue weighted by Gasteiger charge is -2.12. The Morgan fingerprint density at radius 1 is 1.42 bits per heavy atom. The molecule has 0 bridgehead atoms. The van der Waals surface area contributed by atoms with Crippen molar-refractivity contribution in [2.75, 3.05) is 13.7 Å². The van der Waals surface area contributed by atoms with E-state index in [-0.39, 0.29) is 6.61 Å². The fraction of sp³-hybridized carbons (Fsp3) is 0.231. The first kappa shape index (κ1) is 13.1. The number of ether oxygens (including phenoxy) is 1. The Labute approximate surface area is 109 Å². The molecule has 1 heterocycles. The fourth-order valence-corrected chi connectivity index (χ4v) is 1.84. The van der Waals surface area contributed by atoms with Gasteiger partial charge in [-0.3, -0.25) is 4.79 Å². The Morgan fingerprint density at radius 2 is 2.16 bits per heavy atom. The van der Waals surface area contributed by atoms with Gasteiger partial charge in [0.2, 0.25) is 0 Å². The Morgan fingerprint density at radius 3 is 2.84 bits per heavy atom. The molecule has 1 aromatic carbocycles. The van der Waals surface area contributed by atoms with Crippen LogP contribution in [0.15, 0.2) is 30.5 Å². The third kappa shape index (κ3) is 2.74. The zero-order valence-corrected chi connectivity index (χ0v) is 10.3. The summed E-state index contributed by atoms with van der Waals surface area (Å²) in [5.74, 6) is -1.57. The molecule has 0 aliphatic heterocycles. The van der Waals surface area contributed by atoms with E-state index in [0.29, 0.717) is 5.56 Å². The highest BCUT2D eigenvalue weighted by atomic mass is 16.5. The van der Waals surface area contributed by atoms with Gasteiger partial charge in [0, 0.05) is 24.2 Å². The van der Waals surface area contributed by atoms with Crippen LogP contribution in [0.2, 0.25) is 0 Å². The van der Waals surface area contributed by atoms with Crippen molar-refractivity contribution in [1.82, 2.24) is 10.3 Å². The highest BCUT2D eigenvalue weighted by Crippen LogP contribution is 2.17. The summed E-state index contributed by atoms with van der Waals surface area (Å²) in [6, 6.07) is 6.25. The first-order valence-electron chi connectivity index (χ1n) is 5.72. The molecule has 1 atom stereocenters. The summed E-state index contributed by atoms with van der Waals surface area (Å²) in [6.07, 6.45) is 1.56. The molecule has 100 valence electrons. The number of carbonyl (C=O) groups excluding carboxylic acids is 1. The van der Waals surface area contributed by atoms with Gasteiger partial charge < -0.3 is 20.1 Å². The highest BCUT2D eigenvalue weighted by molar-refractivity contribution is 6.07. The van der Waals surface area contributed by atoms with Crippen LogP contribution in [0.5, 0.6) is 0 Å². The van der Waals surface area contributed by atoms with Crippen LogP contribution in [0, 0.1) is 0 Å². The first-order valence-corrected chi connectivity index (χ1v) is 5.72. The SMILES string of the molecule is COCC(NC(=O)c1c[nH]c2ccccc12)C(=O)O. The van der Waals surface area contributed by atoms with Crippen molar-refractivity contribution in [3.63, 3.8) is 0 Å². The van der Waals surface area contributed by atoms with Gasteiger partial charge >= 0.3 is 5.97 Å². The van der Waals surface area contributed by atoms with Crippen molar-refractivity contribution < 1.29 is 19.4 Å². The van der Waals surface area contributed by atoms with E-state index < -0.39 is 17.9 Å². The molecule has 0 saturated heterocycles. The number of para-hydroxylation sites is 1. The number of aromatic amines is 1. The topological polar surface area (TPSA) is 91.4 Å². The smallest absolute Gasteiger partial charge is 0.328 e. The minimum atomic E-state index is -1.13. The van der Waals surface area contributed by atoms with E-state index in [1.165, 1.54) is 7.11 Å². The summed E-state index contributed by atoms with van der Waals surface area (Å²) in [6.45, 7) is -0.0799. The van der Waals surface area contributed by atoms with Gasteiger partial charge in [-0.25, -0.2) is 4.79 Å². The number of carboxylic acids is 1. The van der Waals surface area contributed by atoms with E-state index >= 15 is 0 Å². The van der Waals surface area contributed by atoms with Crippen LogP contribution in [-0.2, 0) is 9.53 Å². The summed E-state index contributed by atoms with van der Waals surface area (Å²) >= 11 is 0. The molecule has 1 amide bonds. The predicted octanol–water partition coefficient (Wildman–Crippen LogP) is 0.997. The molecule has 2 aromatic rings. The Kier molecular flexibility index (Phi) is 3.82. The van der Waals surface area contributed by atoms with Gasteiger partial charge in [-0.15, -0.1) is 0 Å². The normalized spacial score (nSPS) is 12.3. The van der Waals surface area contributed by atoms with E-state index in [9.17, 15) is 9.59 Å². The molecule has 19 heavy (non-hydrogen) atoms. The molecule has 0 radical (unpaired) electrons. The second kappa shape index (κ2) is 5.53. The number of aliphatic carboxylic acids is 1. The molecule has 0 aliphatic carbocycles. The lowest BCUT2D eigenvalue weighted by Crippen LogP contribution is -2.43. The zero-order chi connectivity index (χ0) is 13.8. The van der Waals surface area contributed by atoms with Crippen LogP contribution in [0.25, 0.3) is 10.9 Å². The average molecular weight is 262 g/mol. The summed E-state index contributed by atoms with van der Waals surface area (Å²) in [5.41, 5.74) is 1.24. The molecule has 0 aliphatic rings. The number of methoxy groups -OCH3 is 1. The Hall–Kier alpha value is -2.34. The molecule has 1 aromatic heterocycles. The van der Waals surface area contributed by atoms with Gasteiger partial charge in [-0.1, -0.05) is 18.2 Å². The van der Waals surface area contributed by atoms with Crippen LogP contribution in [0.4, 0.5) is 0 Å². The maximum atomic E-state index is 12.1. The third-order valence-electron chi connectivity index (χ3n) is 2.77. The van der Waals surface area contributed by atoms with Crippen molar-refractivity contribution >= 4 is 22.8 Å². The quantitative estimate of drug-likeness (QED) is 0.749. The largest absolute Gasteiger partial charge is 0.480 e. The van der Waals surface area contributed by atoms with Crippen LogP contribution < -0.4 is 5.32 Å². The number of amides is 1. The molecule has 2 rings (SSSR count). The van der Waals surface area contributed by atoms with Crippen molar-refractivity contribution in [3.05, 3.63) is 36.0 Å². The van der Waals surface area contributed by atoms with Crippen LogP contribution >= 0.6 is 0 Å². The minimum Gasteiger partial charge on any atom is -0.480 e. The zero-order valence-electron chi connectivity index (χ0n) is 10.3. The lowest BCUT2D eigenvalue weighted by molar-refractivity contribution is -0.140. The van der Waals surface area contributed by atoms with E-state index in [2.05, 4.69) is 10.3 Å². The van der Waals surface area contributed by atoms with Gasteiger partial charge in [-0.05, 0) is 6.07 Å². The average Bonchev–Trinajstić information content (AvgIpc) is 2.81. The molecule has 0 fully saturated rings. The van der Waals surface area contributed by atoms with Gasteiger partial charge in [0.1, 0.15) is 0 Å². The number of nitrogens with one attached hydrogen (secondary N) is 2. The fourth-order valence-electron chi connectivity index (χ4n) is 1.84. The molecule has 0 saturated carbocycles. The maximum absolute atomic E-state index is 12.1. The van der Waals surface area contributed by atoms with Crippen LogP contribution in [0.1, 0.15) is 10.4 Å². The van der Waals surface area contributed by atoms with Crippen LogP contribution in [-0.4, -0.2) is 41.7 Å². The number of rotatable bonds is 5. The van der Waals surface area contributed by atoms with Crippen molar-refractivity contribution in [2.45, 2.75) is 6.04 Å². The number of carboxylic acid groups (broad SMARTS) is 1. The van der Waals surface area contributed by atoms with E-state index in [4.69, 9.17) is 9.84 Å². The van der Waals surface area contributed by atoms with Gasteiger partial charge in [0.25, 0.3) is 5.91 Å². The number of benzene rings is 1. The van der Waals surface area contributed by atoms with Crippen LogP contribution in [0.3, 0.4) is 0 Å². The van der Waals surface area contributed by atoms with Crippen molar-refractivity contribution in [3.8, 4) is 0 Å². The Balaban J connectivity index is 2.22. The molecule has 0 spiro atoms. The van der Waals surface area contributed by atoms with Crippen molar-refractivity contribution in [2.24, 2.45) is 0 Å². The molecule has 6 heteroatoms. The predicted molar refractivity (Wildman–Crippen MR) is 69.1 cm³/mol. The number of hydrogen-bond donors (Lipinski definition) is 3. The minimum absolute atomic E-state index is 0.0799. The second-order valence-electron chi connectivity index (χ2n) is 4.07. The number of H-pyrrole nitrogens is 1. The van der Waals surface area contributed by atoms with Gasteiger partial charge in [-0.2, -0.15) is 0 Å². The van der Waals surface area contributed by atoms with Crippen molar-refractivity contribution in [1.29, 1.82) is 0 Å². The molecule has 1 unspecified atom stereocenters. The number of fused-ring (bicyclic) bond motifs is 1. The van der Waals surface area contributed by atoms with E-state index in [1.54, 1.807) is 12.3 Å². The first-order chi connectivity index (χ1) is 9.13. The molecule has 6 nitrogen and oxygen atoms in total. The Bertz CT molecular complexity index is 605. The standard InChI is InChI=1S/C13H14N2O4/c1-19-7-11(13(17)18)15-12(16)9-6-14-10-5-3-2-4-8(9)10/h2-6,11,14H,7H2,1H3,(H,15,16)(H,17,18). The van der Waals surface area contributed by atoms with Gasteiger partial charge in [0.15, 0.2) is 6.04 Å². The summed E-state index contributed by atoms with van der Waals surface area (Å²) in [4.78, 5) is 26.0.